The first-order chi connectivity index (χ1) is 7.44. The summed E-state index contributed by atoms with van der Waals surface area (Å²) in [6.07, 6.45) is 1.01. The van der Waals surface area contributed by atoms with Crippen LogP contribution in [0.4, 0.5) is 0 Å². The van der Waals surface area contributed by atoms with E-state index < -0.39 is 11.5 Å². The summed E-state index contributed by atoms with van der Waals surface area (Å²) in [7, 11) is 1.58. The maximum Gasteiger partial charge on any atom is 0.329 e. The first kappa shape index (κ1) is 13.0. The number of hydrogen-bond donors (Lipinski definition) is 1. The van der Waals surface area contributed by atoms with Crippen molar-refractivity contribution >= 4 is 11.9 Å². The Balaban J connectivity index is 2.84. The van der Waals surface area contributed by atoms with Crippen molar-refractivity contribution in [3.8, 4) is 0 Å². The van der Waals surface area contributed by atoms with Crippen LogP contribution >= 0.6 is 0 Å². The molecule has 0 atom stereocenters. The summed E-state index contributed by atoms with van der Waals surface area (Å²) in [5, 5.41) is 9.35. The Morgan fingerprint density at radius 1 is 1.38 bits per heavy atom. The lowest BCUT2D eigenvalue weighted by atomic mass is 9.86. The molecule has 16 heavy (non-hydrogen) atoms. The predicted octanol–water partition coefficient (Wildman–Crippen LogP) is 0.404. The molecular formula is C11H20N2O3. The molecule has 0 bridgehead atoms. The molecule has 0 aliphatic carbocycles. The molecule has 0 radical (unpaired) electrons. The van der Waals surface area contributed by atoms with E-state index in [1.165, 1.54) is 11.8 Å². The molecule has 1 aliphatic rings. The zero-order valence-electron chi connectivity index (χ0n) is 10.2. The minimum absolute atomic E-state index is 0.188. The summed E-state index contributed by atoms with van der Waals surface area (Å²) in [6.45, 7) is 5.87. The Bertz CT molecular complexity index is 283. The maximum absolute atomic E-state index is 11.4. The summed E-state index contributed by atoms with van der Waals surface area (Å²) in [5.41, 5.74) is -1.00. The fourth-order valence-corrected chi connectivity index (χ4v) is 2.23. The molecule has 0 spiro atoms. The number of piperidine rings is 1. The van der Waals surface area contributed by atoms with E-state index in [2.05, 4.69) is 11.8 Å². The van der Waals surface area contributed by atoms with Gasteiger partial charge in [0.15, 0.2) is 0 Å². The lowest BCUT2D eigenvalue weighted by molar-refractivity contribution is -0.160. The normalized spacial score (nSPS) is 20.4. The van der Waals surface area contributed by atoms with Crippen molar-refractivity contribution < 1.29 is 14.7 Å². The maximum atomic E-state index is 11.4. The molecule has 0 aromatic heterocycles. The van der Waals surface area contributed by atoms with Crippen LogP contribution in [0.25, 0.3) is 0 Å². The standard InChI is InChI=1S/C11H20N2O3/c1-4-13-7-5-11(6-8-13,10(15)16)12(3)9(2)14/h4-8H2,1-3H3,(H,15,16). The third kappa shape index (κ3) is 2.19. The monoisotopic (exact) mass is 228 g/mol. The molecule has 0 saturated carbocycles. The number of carboxylic acid groups (broad SMARTS) is 1. The third-order valence-corrected chi connectivity index (χ3v) is 3.64. The topological polar surface area (TPSA) is 60.9 Å². The number of likely N-dealkylation sites (tertiary alicyclic amines) is 1. The fourth-order valence-electron chi connectivity index (χ4n) is 2.23. The number of carbonyl (C=O) groups excluding carboxylic acids is 1. The number of nitrogens with zero attached hydrogens (tertiary/aromatic N) is 2. The van der Waals surface area contributed by atoms with Gasteiger partial charge in [-0.25, -0.2) is 4.79 Å². The van der Waals surface area contributed by atoms with E-state index in [4.69, 9.17) is 0 Å². The molecule has 1 saturated heterocycles. The largest absolute Gasteiger partial charge is 0.479 e. The van der Waals surface area contributed by atoms with Crippen LogP contribution in [0.3, 0.4) is 0 Å². The molecule has 0 unspecified atom stereocenters. The molecule has 5 nitrogen and oxygen atoms in total. The number of amides is 1. The summed E-state index contributed by atoms with van der Waals surface area (Å²) < 4.78 is 0. The van der Waals surface area contributed by atoms with Crippen LogP contribution in [-0.4, -0.2) is 59.0 Å². The average molecular weight is 228 g/mol. The zero-order valence-corrected chi connectivity index (χ0v) is 10.2. The highest BCUT2D eigenvalue weighted by molar-refractivity contribution is 5.86. The van der Waals surface area contributed by atoms with E-state index in [0.717, 1.165) is 19.6 Å². The van der Waals surface area contributed by atoms with Crippen LogP contribution in [-0.2, 0) is 9.59 Å². The van der Waals surface area contributed by atoms with Crippen LogP contribution in [0.15, 0.2) is 0 Å². The molecular weight excluding hydrogens is 208 g/mol. The van der Waals surface area contributed by atoms with Crippen LogP contribution in [0.1, 0.15) is 26.7 Å². The average Bonchev–Trinajstić information content (AvgIpc) is 2.27. The van der Waals surface area contributed by atoms with E-state index in [9.17, 15) is 14.7 Å². The molecule has 1 rings (SSSR count). The van der Waals surface area contributed by atoms with Crippen molar-refractivity contribution in [2.75, 3.05) is 26.7 Å². The lowest BCUT2D eigenvalue weighted by Gasteiger charge is -2.43. The minimum Gasteiger partial charge on any atom is -0.479 e. The van der Waals surface area contributed by atoms with E-state index in [-0.39, 0.29) is 5.91 Å². The summed E-state index contributed by atoms with van der Waals surface area (Å²) in [5.74, 6) is -1.08. The molecule has 0 aromatic rings. The molecule has 1 aliphatic heterocycles. The second-order valence-corrected chi connectivity index (χ2v) is 4.35. The summed E-state index contributed by atoms with van der Waals surface area (Å²) >= 11 is 0. The van der Waals surface area contributed by atoms with E-state index in [0.29, 0.717) is 12.8 Å². The van der Waals surface area contributed by atoms with Crippen LogP contribution in [0, 0.1) is 0 Å². The van der Waals surface area contributed by atoms with Gasteiger partial charge in [-0.2, -0.15) is 0 Å². The molecule has 5 heteroatoms. The molecule has 0 aromatic carbocycles. The number of carbonyl (C=O) groups is 2. The highest BCUT2D eigenvalue weighted by atomic mass is 16.4. The molecule has 1 fully saturated rings. The van der Waals surface area contributed by atoms with E-state index >= 15 is 0 Å². The number of rotatable bonds is 3. The Labute approximate surface area is 96.0 Å². The van der Waals surface area contributed by atoms with Crippen molar-refractivity contribution in [3.63, 3.8) is 0 Å². The first-order valence-electron chi connectivity index (χ1n) is 5.64. The molecule has 1 N–H and O–H groups in total. The number of carboxylic acids is 1. The zero-order chi connectivity index (χ0) is 12.3. The van der Waals surface area contributed by atoms with Gasteiger partial charge in [0.1, 0.15) is 5.54 Å². The van der Waals surface area contributed by atoms with Crippen LogP contribution in [0.5, 0.6) is 0 Å². The van der Waals surface area contributed by atoms with Gasteiger partial charge >= 0.3 is 5.97 Å². The highest BCUT2D eigenvalue weighted by Crippen LogP contribution is 2.28. The van der Waals surface area contributed by atoms with Gasteiger partial charge in [0.2, 0.25) is 5.91 Å². The van der Waals surface area contributed by atoms with Gasteiger partial charge in [-0.1, -0.05) is 6.92 Å². The van der Waals surface area contributed by atoms with Gasteiger partial charge in [0, 0.05) is 27.1 Å². The third-order valence-electron chi connectivity index (χ3n) is 3.64. The fraction of sp³-hybridized carbons (Fsp3) is 0.818. The van der Waals surface area contributed by atoms with Gasteiger partial charge in [-0.15, -0.1) is 0 Å². The van der Waals surface area contributed by atoms with Crippen molar-refractivity contribution in [1.82, 2.24) is 9.80 Å². The number of hydrogen-bond acceptors (Lipinski definition) is 3. The van der Waals surface area contributed by atoms with Gasteiger partial charge in [0.25, 0.3) is 0 Å². The van der Waals surface area contributed by atoms with Crippen molar-refractivity contribution in [2.24, 2.45) is 0 Å². The summed E-state index contributed by atoms with van der Waals surface area (Å²) in [4.78, 5) is 26.3. The van der Waals surface area contributed by atoms with Crippen LogP contribution < -0.4 is 0 Å². The van der Waals surface area contributed by atoms with Gasteiger partial charge in [-0.05, 0) is 19.4 Å². The minimum atomic E-state index is -1.00. The van der Waals surface area contributed by atoms with E-state index in [1.54, 1.807) is 7.05 Å². The Morgan fingerprint density at radius 2 is 1.88 bits per heavy atom. The van der Waals surface area contributed by atoms with Crippen LogP contribution in [0.2, 0.25) is 0 Å². The van der Waals surface area contributed by atoms with Gasteiger partial charge < -0.3 is 14.9 Å². The van der Waals surface area contributed by atoms with Crippen molar-refractivity contribution in [2.45, 2.75) is 32.2 Å². The molecule has 1 heterocycles. The second kappa shape index (κ2) is 4.82. The summed E-state index contributed by atoms with van der Waals surface area (Å²) in [6, 6.07) is 0. The Morgan fingerprint density at radius 3 is 2.19 bits per heavy atom. The number of aliphatic carboxylic acids is 1. The van der Waals surface area contributed by atoms with E-state index in [1.807, 2.05) is 0 Å². The predicted molar refractivity (Wildman–Crippen MR) is 60.2 cm³/mol. The smallest absolute Gasteiger partial charge is 0.329 e. The molecule has 92 valence electrons. The molecule has 1 amide bonds. The first-order valence-corrected chi connectivity index (χ1v) is 5.64. The highest BCUT2D eigenvalue weighted by Gasteiger charge is 2.45. The second-order valence-electron chi connectivity index (χ2n) is 4.35. The SMILES string of the molecule is CCN1CCC(C(=O)O)(N(C)C(C)=O)CC1. The Hall–Kier alpha value is -1.10. The van der Waals surface area contributed by atoms with Gasteiger partial charge in [0.05, 0.1) is 0 Å². The lowest BCUT2D eigenvalue weighted by Crippen LogP contribution is -2.60. The number of likely N-dealkylation sites (N-methyl/N-ethyl adjacent to an activating group) is 1. The van der Waals surface area contributed by atoms with Crippen molar-refractivity contribution in [3.05, 3.63) is 0 Å². The van der Waals surface area contributed by atoms with Gasteiger partial charge in [-0.3, -0.25) is 4.79 Å². The quantitative estimate of drug-likeness (QED) is 0.759. The van der Waals surface area contributed by atoms with Crippen molar-refractivity contribution in [1.29, 1.82) is 0 Å². The Kier molecular flexibility index (Phi) is 3.91.